The molecule has 1 atom stereocenters. The average Bonchev–Trinajstić information content (AvgIpc) is 2.63. The summed E-state index contributed by atoms with van der Waals surface area (Å²) in [7, 11) is 0. The lowest BCUT2D eigenvalue weighted by Gasteiger charge is -2.24. The molecular weight excluding hydrogens is 252 g/mol. The normalized spacial score (nSPS) is 25.9. The number of hydrogen-bond donors (Lipinski definition) is 0. The summed E-state index contributed by atoms with van der Waals surface area (Å²) < 4.78 is 1.10. The van der Waals surface area contributed by atoms with Crippen molar-refractivity contribution in [2.45, 2.75) is 26.7 Å². The summed E-state index contributed by atoms with van der Waals surface area (Å²) >= 11 is 3.56. The van der Waals surface area contributed by atoms with Crippen LogP contribution in [0.25, 0.3) is 0 Å². The highest BCUT2D eigenvalue weighted by molar-refractivity contribution is 9.10. The summed E-state index contributed by atoms with van der Waals surface area (Å²) in [4.78, 5) is 6.55. The molecule has 1 saturated heterocycles. The van der Waals surface area contributed by atoms with E-state index in [1.54, 1.807) is 0 Å². The van der Waals surface area contributed by atoms with Gasteiger partial charge in [0.2, 0.25) is 0 Å². The van der Waals surface area contributed by atoms with Gasteiger partial charge in [-0.2, -0.15) is 0 Å². The minimum absolute atomic E-state index is 0.489. The van der Waals surface area contributed by atoms with Gasteiger partial charge in [-0.3, -0.25) is 4.98 Å². The Morgan fingerprint density at radius 3 is 3.00 bits per heavy atom. The molecule has 0 spiro atoms. The van der Waals surface area contributed by atoms with E-state index in [0.717, 1.165) is 17.6 Å². The molecule has 0 N–H and O–H groups in total. The van der Waals surface area contributed by atoms with Gasteiger partial charge in [0.15, 0.2) is 0 Å². The van der Waals surface area contributed by atoms with E-state index in [-0.39, 0.29) is 0 Å². The second kappa shape index (κ2) is 4.12. The number of halogens is 1. The molecule has 2 nitrogen and oxygen atoms in total. The SMILES string of the molecule is CCC1(C)CCN(c2ccncc2Br)C1. The molecule has 1 fully saturated rings. The van der Waals surface area contributed by atoms with Crippen LogP contribution in [0.3, 0.4) is 0 Å². The van der Waals surface area contributed by atoms with Crippen molar-refractivity contribution in [1.82, 2.24) is 4.98 Å². The largest absolute Gasteiger partial charge is 0.370 e. The van der Waals surface area contributed by atoms with E-state index in [1.165, 1.54) is 18.5 Å². The van der Waals surface area contributed by atoms with Gasteiger partial charge >= 0.3 is 0 Å². The second-order valence-corrected chi connectivity index (χ2v) is 5.52. The van der Waals surface area contributed by atoms with Gasteiger partial charge in [0.1, 0.15) is 0 Å². The lowest BCUT2D eigenvalue weighted by molar-refractivity contribution is 0.355. The minimum atomic E-state index is 0.489. The van der Waals surface area contributed by atoms with Crippen molar-refractivity contribution in [1.29, 1.82) is 0 Å². The number of hydrogen-bond acceptors (Lipinski definition) is 2. The molecule has 0 aliphatic carbocycles. The number of rotatable bonds is 2. The molecule has 0 aromatic carbocycles. The third-order valence-corrected chi connectivity index (χ3v) is 4.11. The summed E-state index contributed by atoms with van der Waals surface area (Å²) in [6.07, 6.45) is 6.28. The lowest BCUT2D eigenvalue weighted by atomic mass is 9.87. The van der Waals surface area contributed by atoms with Crippen molar-refractivity contribution in [3.8, 4) is 0 Å². The minimum Gasteiger partial charge on any atom is -0.370 e. The Labute approximate surface area is 99.8 Å². The Bertz CT molecular complexity index is 353. The first kappa shape index (κ1) is 10.9. The van der Waals surface area contributed by atoms with Crippen LogP contribution in [0.2, 0.25) is 0 Å². The molecule has 1 unspecified atom stereocenters. The molecule has 1 aliphatic rings. The summed E-state index contributed by atoms with van der Waals surface area (Å²) in [5.41, 5.74) is 1.77. The zero-order valence-corrected chi connectivity index (χ0v) is 10.9. The highest BCUT2D eigenvalue weighted by Gasteiger charge is 2.32. The highest BCUT2D eigenvalue weighted by atomic mass is 79.9. The molecule has 1 aliphatic heterocycles. The number of aromatic nitrogens is 1. The molecule has 1 aromatic heterocycles. The van der Waals surface area contributed by atoms with Gasteiger partial charge in [0.25, 0.3) is 0 Å². The van der Waals surface area contributed by atoms with Crippen LogP contribution in [-0.2, 0) is 0 Å². The summed E-state index contributed by atoms with van der Waals surface area (Å²) in [6.45, 7) is 6.98. The molecule has 0 saturated carbocycles. The van der Waals surface area contributed by atoms with Crippen LogP contribution in [0.4, 0.5) is 5.69 Å². The predicted molar refractivity (Wildman–Crippen MR) is 67.2 cm³/mol. The fourth-order valence-electron chi connectivity index (χ4n) is 2.14. The monoisotopic (exact) mass is 268 g/mol. The zero-order chi connectivity index (χ0) is 10.9. The number of nitrogens with zero attached hydrogens (tertiary/aromatic N) is 2. The van der Waals surface area contributed by atoms with Crippen LogP contribution in [0.5, 0.6) is 0 Å². The van der Waals surface area contributed by atoms with Gasteiger partial charge in [0.05, 0.1) is 10.2 Å². The maximum atomic E-state index is 4.10. The molecule has 15 heavy (non-hydrogen) atoms. The smallest absolute Gasteiger partial charge is 0.0592 e. The molecule has 0 radical (unpaired) electrons. The third-order valence-electron chi connectivity index (χ3n) is 3.50. The van der Waals surface area contributed by atoms with Crippen LogP contribution >= 0.6 is 15.9 Å². The van der Waals surface area contributed by atoms with Gasteiger partial charge in [0, 0.05) is 25.5 Å². The van der Waals surface area contributed by atoms with Crippen molar-refractivity contribution >= 4 is 21.6 Å². The lowest BCUT2D eigenvalue weighted by Crippen LogP contribution is -2.24. The first-order valence-corrected chi connectivity index (χ1v) is 6.28. The molecule has 82 valence electrons. The molecular formula is C12H17BrN2. The highest BCUT2D eigenvalue weighted by Crippen LogP contribution is 2.37. The molecule has 3 heteroatoms. The summed E-state index contributed by atoms with van der Waals surface area (Å²) in [6, 6.07) is 2.09. The zero-order valence-electron chi connectivity index (χ0n) is 9.33. The van der Waals surface area contributed by atoms with E-state index in [2.05, 4.69) is 45.7 Å². The molecule has 2 rings (SSSR count). The number of anilines is 1. The van der Waals surface area contributed by atoms with E-state index in [9.17, 15) is 0 Å². The first-order chi connectivity index (χ1) is 7.14. The van der Waals surface area contributed by atoms with Gasteiger partial charge in [-0.25, -0.2) is 0 Å². The van der Waals surface area contributed by atoms with Gasteiger partial charge in [-0.05, 0) is 40.3 Å². The summed E-state index contributed by atoms with van der Waals surface area (Å²) in [5, 5.41) is 0. The van der Waals surface area contributed by atoms with E-state index in [1.807, 2.05) is 12.4 Å². The standard InChI is InChI=1S/C12H17BrN2/c1-3-12(2)5-7-15(9-12)11-4-6-14-8-10(11)13/h4,6,8H,3,5,7,9H2,1-2H3. The Morgan fingerprint density at radius 2 is 2.40 bits per heavy atom. The van der Waals surface area contributed by atoms with Crippen molar-refractivity contribution < 1.29 is 0 Å². The van der Waals surface area contributed by atoms with E-state index < -0.39 is 0 Å². The quantitative estimate of drug-likeness (QED) is 0.817. The predicted octanol–water partition coefficient (Wildman–Crippen LogP) is 3.47. The molecule has 0 bridgehead atoms. The summed E-state index contributed by atoms with van der Waals surface area (Å²) in [5.74, 6) is 0. The fourth-order valence-corrected chi connectivity index (χ4v) is 2.64. The molecule has 2 heterocycles. The van der Waals surface area contributed by atoms with Crippen molar-refractivity contribution in [2.24, 2.45) is 5.41 Å². The number of pyridine rings is 1. The van der Waals surface area contributed by atoms with Gasteiger partial charge in [-0.1, -0.05) is 13.8 Å². The first-order valence-electron chi connectivity index (χ1n) is 5.49. The Kier molecular flexibility index (Phi) is 3.01. The van der Waals surface area contributed by atoms with Crippen molar-refractivity contribution in [3.05, 3.63) is 22.9 Å². The maximum absolute atomic E-state index is 4.10. The van der Waals surface area contributed by atoms with Gasteiger partial charge < -0.3 is 4.90 Å². The van der Waals surface area contributed by atoms with Crippen LogP contribution in [0, 0.1) is 5.41 Å². The fraction of sp³-hybridized carbons (Fsp3) is 0.583. The van der Waals surface area contributed by atoms with E-state index in [0.29, 0.717) is 5.41 Å². The van der Waals surface area contributed by atoms with Crippen molar-refractivity contribution in [2.75, 3.05) is 18.0 Å². The maximum Gasteiger partial charge on any atom is 0.0592 e. The average molecular weight is 269 g/mol. The Hall–Kier alpha value is -0.570. The Morgan fingerprint density at radius 1 is 1.60 bits per heavy atom. The third kappa shape index (κ3) is 2.17. The molecule has 1 aromatic rings. The van der Waals surface area contributed by atoms with E-state index >= 15 is 0 Å². The van der Waals surface area contributed by atoms with Gasteiger partial charge in [-0.15, -0.1) is 0 Å². The van der Waals surface area contributed by atoms with Crippen LogP contribution in [0.1, 0.15) is 26.7 Å². The van der Waals surface area contributed by atoms with Crippen molar-refractivity contribution in [3.63, 3.8) is 0 Å². The second-order valence-electron chi connectivity index (χ2n) is 4.66. The Balaban J connectivity index is 2.18. The van der Waals surface area contributed by atoms with Crippen LogP contribution < -0.4 is 4.90 Å². The van der Waals surface area contributed by atoms with Crippen LogP contribution in [0.15, 0.2) is 22.9 Å². The molecule has 0 amide bonds. The topological polar surface area (TPSA) is 16.1 Å². The van der Waals surface area contributed by atoms with Crippen LogP contribution in [-0.4, -0.2) is 18.1 Å². The van der Waals surface area contributed by atoms with E-state index in [4.69, 9.17) is 0 Å².